The van der Waals surface area contributed by atoms with Crippen molar-refractivity contribution < 1.29 is 18.0 Å². The number of nitrogens with one attached hydrogen (secondary N) is 1. The molecule has 1 unspecified atom stereocenters. The Labute approximate surface area is 125 Å². The van der Waals surface area contributed by atoms with Gasteiger partial charge in [0, 0.05) is 31.6 Å². The van der Waals surface area contributed by atoms with E-state index in [9.17, 15) is 18.0 Å². The summed E-state index contributed by atoms with van der Waals surface area (Å²) in [4.78, 5) is 13.7. The molecule has 0 aromatic heterocycles. The predicted octanol–water partition coefficient (Wildman–Crippen LogP) is 2.37. The molecular formula is C14H17F3N2OS. The van der Waals surface area contributed by atoms with E-state index in [0.29, 0.717) is 12.1 Å². The van der Waals surface area contributed by atoms with Crippen LogP contribution in [0.15, 0.2) is 24.3 Å². The lowest BCUT2D eigenvalue weighted by Crippen LogP contribution is -2.49. The summed E-state index contributed by atoms with van der Waals surface area (Å²) in [5.74, 6) is 1.70. The average molecular weight is 318 g/mol. The molecule has 1 aliphatic rings. The van der Waals surface area contributed by atoms with Crippen molar-refractivity contribution in [2.24, 2.45) is 0 Å². The summed E-state index contributed by atoms with van der Waals surface area (Å²) in [6.45, 7) is 1.11. The monoisotopic (exact) mass is 318 g/mol. The van der Waals surface area contributed by atoms with Crippen molar-refractivity contribution >= 4 is 17.7 Å². The fraction of sp³-hybridized carbons (Fsp3) is 0.500. The Morgan fingerprint density at radius 2 is 2.05 bits per heavy atom. The molecule has 2 rings (SSSR count). The summed E-state index contributed by atoms with van der Waals surface area (Å²) < 4.78 is 37.4. The first-order chi connectivity index (χ1) is 9.88. The van der Waals surface area contributed by atoms with Crippen LogP contribution in [0.25, 0.3) is 0 Å². The highest BCUT2D eigenvalue weighted by molar-refractivity contribution is 7.99. The number of thioether (sulfide) groups is 1. The van der Waals surface area contributed by atoms with E-state index < -0.39 is 11.7 Å². The van der Waals surface area contributed by atoms with Crippen LogP contribution < -0.4 is 5.32 Å². The van der Waals surface area contributed by atoms with Crippen molar-refractivity contribution in [3.8, 4) is 0 Å². The van der Waals surface area contributed by atoms with Crippen molar-refractivity contribution in [3.63, 3.8) is 0 Å². The van der Waals surface area contributed by atoms with Gasteiger partial charge < -0.3 is 10.2 Å². The normalized spacial score (nSPS) is 19.3. The summed E-state index contributed by atoms with van der Waals surface area (Å²) in [6, 6.07) is 4.71. The van der Waals surface area contributed by atoms with Crippen LogP contribution >= 0.6 is 11.8 Å². The maximum absolute atomic E-state index is 12.5. The van der Waals surface area contributed by atoms with E-state index >= 15 is 0 Å². The first kappa shape index (κ1) is 16.2. The van der Waals surface area contributed by atoms with Gasteiger partial charge in [0.15, 0.2) is 0 Å². The summed E-state index contributed by atoms with van der Waals surface area (Å²) in [6.07, 6.45) is -4.33. The molecule has 21 heavy (non-hydrogen) atoms. The van der Waals surface area contributed by atoms with Gasteiger partial charge in [0.25, 0.3) is 0 Å². The minimum Gasteiger partial charge on any atom is -0.340 e. The molecule has 0 aliphatic carbocycles. The number of carbonyl (C=O) groups is 1. The van der Waals surface area contributed by atoms with Crippen LogP contribution in [0.1, 0.15) is 11.1 Å². The first-order valence-corrected chi connectivity index (χ1v) is 7.75. The number of benzene rings is 1. The standard InChI is InChI=1S/C14H17F3N2OS/c1-19(13(20)12-9-21-7-6-18-12)8-10-2-4-11(5-3-10)14(15,16)17/h2-5,12,18H,6-9H2,1H3. The number of alkyl halides is 3. The maximum atomic E-state index is 12.5. The van der Waals surface area contributed by atoms with E-state index in [1.807, 2.05) is 0 Å². The third-order valence-electron chi connectivity index (χ3n) is 3.30. The summed E-state index contributed by atoms with van der Waals surface area (Å²) in [5.41, 5.74) is 0.00730. The van der Waals surface area contributed by atoms with E-state index in [1.165, 1.54) is 12.1 Å². The number of carbonyl (C=O) groups excluding carboxylic acids is 1. The molecule has 1 aromatic rings. The lowest BCUT2D eigenvalue weighted by Gasteiger charge is -2.27. The van der Waals surface area contributed by atoms with Gasteiger partial charge in [-0.2, -0.15) is 24.9 Å². The highest BCUT2D eigenvalue weighted by atomic mass is 32.2. The molecule has 3 nitrogen and oxygen atoms in total. The molecule has 116 valence electrons. The number of amides is 1. The molecule has 1 aliphatic heterocycles. The molecule has 1 atom stereocenters. The summed E-state index contributed by atoms with van der Waals surface area (Å²) in [7, 11) is 1.67. The van der Waals surface area contributed by atoms with Gasteiger partial charge in [0.05, 0.1) is 11.6 Å². The fourth-order valence-corrected chi connectivity index (χ4v) is 3.07. The first-order valence-electron chi connectivity index (χ1n) is 6.60. The second-order valence-electron chi connectivity index (χ2n) is 4.97. The molecule has 0 bridgehead atoms. The van der Waals surface area contributed by atoms with Gasteiger partial charge in [-0.15, -0.1) is 0 Å². The molecule has 1 N–H and O–H groups in total. The van der Waals surface area contributed by atoms with E-state index in [0.717, 1.165) is 30.2 Å². The summed E-state index contributed by atoms with van der Waals surface area (Å²) >= 11 is 1.72. The second kappa shape index (κ2) is 6.70. The number of nitrogens with zero attached hydrogens (tertiary/aromatic N) is 1. The molecule has 0 radical (unpaired) electrons. The Morgan fingerprint density at radius 3 is 2.57 bits per heavy atom. The quantitative estimate of drug-likeness (QED) is 0.929. The number of hydrogen-bond acceptors (Lipinski definition) is 3. The van der Waals surface area contributed by atoms with Gasteiger partial charge in [-0.05, 0) is 17.7 Å². The van der Waals surface area contributed by atoms with E-state index in [2.05, 4.69) is 5.32 Å². The zero-order valence-corrected chi connectivity index (χ0v) is 12.4. The van der Waals surface area contributed by atoms with Gasteiger partial charge in [-0.1, -0.05) is 12.1 Å². The zero-order chi connectivity index (χ0) is 15.5. The Kier molecular flexibility index (Phi) is 5.16. The van der Waals surface area contributed by atoms with Gasteiger partial charge in [0.2, 0.25) is 5.91 Å². The molecule has 0 saturated carbocycles. The van der Waals surface area contributed by atoms with Crippen LogP contribution in [0.3, 0.4) is 0 Å². The van der Waals surface area contributed by atoms with Crippen molar-refractivity contribution in [1.82, 2.24) is 10.2 Å². The predicted molar refractivity (Wildman–Crippen MR) is 77.0 cm³/mol. The second-order valence-corrected chi connectivity index (χ2v) is 6.12. The molecule has 1 fully saturated rings. The van der Waals surface area contributed by atoms with Crippen LogP contribution in [0.4, 0.5) is 13.2 Å². The molecule has 1 amide bonds. The Hall–Kier alpha value is -1.21. The lowest BCUT2D eigenvalue weighted by atomic mass is 10.1. The smallest absolute Gasteiger partial charge is 0.340 e. The highest BCUT2D eigenvalue weighted by Gasteiger charge is 2.30. The van der Waals surface area contributed by atoms with Gasteiger partial charge in [-0.25, -0.2) is 0 Å². The third-order valence-corrected chi connectivity index (χ3v) is 4.36. The Morgan fingerprint density at radius 1 is 1.38 bits per heavy atom. The highest BCUT2D eigenvalue weighted by Crippen LogP contribution is 2.29. The molecule has 1 aromatic carbocycles. The van der Waals surface area contributed by atoms with Crippen LogP contribution in [-0.4, -0.2) is 41.9 Å². The number of halogens is 3. The number of hydrogen-bond donors (Lipinski definition) is 1. The topological polar surface area (TPSA) is 32.3 Å². The van der Waals surface area contributed by atoms with Crippen LogP contribution in [0.5, 0.6) is 0 Å². The largest absolute Gasteiger partial charge is 0.416 e. The molecule has 1 saturated heterocycles. The SMILES string of the molecule is CN(Cc1ccc(C(F)(F)F)cc1)C(=O)C1CSCCN1. The number of likely N-dealkylation sites (N-methyl/N-ethyl adjacent to an activating group) is 1. The van der Waals surface area contributed by atoms with Gasteiger partial charge >= 0.3 is 6.18 Å². The fourth-order valence-electron chi connectivity index (χ4n) is 2.14. The van der Waals surface area contributed by atoms with Crippen molar-refractivity contribution in [2.75, 3.05) is 25.1 Å². The minimum absolute atomic E-state index is 0.0258. The molecule has 7 heteroatoms. The van der Waals surface area contributed by atoms with E-state index in [4.69, 9.17) is 0 Å². The van der Waals surface area contributed by atoms with Crippen molar-refractivity contribution in [2.45, 2.75) is 18.8 Å². The van der Waals surface area contributed by atoms with Gasteiger partial charge in [0.1, 0.15) is 0 Å². The minimum atomic E-state index is -4.33. The molecular weight excluding hydrogens is 301 g/mol. The Balaban J connectivity index is 1.95. The maximum Gasteiger partial charge on any atom is 0.416 e. The zero-order valence-electron chi connectivity index (χ0n) is 11.6. The third kappa shape index (κ3) is 4.38. The van der Waals surface area contributed by atoms with Gasteiger partial charge in [-0.3, -0.25) is 4.79 Å². The lowest BCUT2D eigenvalue weighted by molar-refractivity contribution is -0.137. The molecule has 0 spiro atoms. The molecule has 1 heterocycles. The van der Waals surface area contributed by atoms with Crippen LogP contribution in [-0.2, 0) is 17.5 Å². The average Bonchev–Trinajstić information content (AvgIpc) is 2.47. The van der Waals surface area contributed by atoms with E-state index in [1.54, 1.807) is 23.7 Å². The summed E-state index contributed by atoms with van der Waals surface area (Å²) in [5, 5.41) is 3.15. The van der Waals surface area contributed by atoms with Crippen molar-refractivity contribution in [1.29, 1.82) is 0 Å². The Bertz CT molecular complexity index is 484. The van der Waals surface area contributed by atoms with Crippen LogP contribution in [0.2, 0.25) is 0 Å². The van der Waals surface area contributed by atoms with Crippen LogP contribution in [0, 0.1) is 0 Å². The van der Waals surface area contributed by atoms with E-state index in [-0.39, 0.29) is 11.9 Å². The number of rotatable bonds is 3. The van der Waals surface area contributed by atoms with Crippen molar-refractivity contribution in [3.05, 3.63) is 35.4 Å².